The van der Waals surface area contributed by atoms with Crippen LogP contribution in [-0.4, -0.2) is 58.3 Å². The van der Waals surface area contributed by atoms with Crippen LogP contribution < -0.4 is 8.92 Å². The fourth-order valence-electron chi connectivity index (χ4n) is 6.23. The van der Waals surface area contributed by atoms with Gasteiger partial charge in [-0.3, -0.25) is 9.59 Å². The standard InChI is InChI=1S/C37H38N4O8S/c1-4-47-36(44)20-32(26-11-10-24(2)28(18-26)21-40-22-29-19-30(43)12-15-35(29)49-50(40,45)46)31-13-14-33-37(25(31)3)38-39-41(33)16-7-17-48-34-9-6-5-8-27(34)23-42/h5-6,8-15,18-19,23,32,43H,4,7,16-17,20-22H2,1-3H3. The van der Waals surface area contributed by atoms with Crippen LogP contribution in [0.5, 0.6) is 17.2 Å². The first-order chi connectivity index (χ1) is 24.1. The molecule has 4 aromatic carbocycles. The predicted octanol–water partition coefficient (Wildman–Crippen LogP) is 5.76. The van der Waals surface area contributed by atoms with Gasteiger partial charge in [0, 0.05) is 37.5 Å². The van der Waals surface area contributed by atoms with E-state index in [1.54, 1.807) is 25.1 Å². The van der Waals surface area contributed by atoms with Crippen molar-refractivity contribution in [3.05, 3.63) is 112 Å². The number of esters is 1. The smallest absolute Gasteiger partial charge is 0.385 e. The van der Waals surface area contributed by atoms with Crippen molar-refractivity contribution in [3.8, 4) is 17.2 Å². The van der Waals surface area contributed by atoms with E-state index in [9.17, 15) is 23.1 Å². The molecule has 0 radical (unpaired) electrons. The number of hydrogen-bond donors (Lipinski definition) is 1. The maximum Gasteiger partial charge on any atom is 0.385 e. The number of hydrogen-bond acceptors (Lipinski definition) is 10. The Balaban J connectivity index is 1.26. The normalized spacial score (nSPS) is 14.5. The number of phenolic OH excluding ortho intramolecular Hbond substituents is 1. The monoisotopic (exact) mass is 698 g/mol. The number of nitrogens with zero attached hydrogens (tertiary/aromatic N) is 4. The Morgan fingerprint density at radius 2 is 1.90 bits per heavy atom. The number of rotatable bonds is 13. The maximum absolute atomic E-state index is 13.1. The van der Waals surface area contributed by atoms with Gasteiger partial charge in [-0.25, -0.2) is 4.68 Å². The van der Waals surface area contributed by atoms with Crippen LogP contribution in [0.15, 0.2) is 72.8 Å². The van der Waals surface area contributed by atoms with E-state index in [2.05, 4.69) is 10.3 Å². The summed E-state index contributed by atoms with van der Waals surface area (Å²) in [6, 6.07) is 21.1. The zero-order valence-electron chi connectivity index (χ0n) is 28.0. The van der Waals surface area contributed by atoms with E-state index >= 15 is 0 Å². The lowest BCUT2D eigenvalue weighted by Gasteiger charge is -2.28. The molecule has 0 aliphatic carbocycles. The summed E-state index contributed by atoms with van der Waals surface area (Å²) >= 11 is 0. The molecule has 1 aromatic heterocycles. The van der Waals surface area contributed by atoms with Gasteiger partial charge in [0.25, 0.3) is 0 Å². The topological polar surface area (TPSA) is 150 Å². The van der Waals surface area contributed by atoms with E-state index in [4.69, 9.17) is 13.7 Å². The highest BCUT2D eigenvalue weighted by atomic mass is 32.2. The lowest BCUT2D eigenvalue weighted by molar-refractivity contribution is -0.143. The summed E-state index contributed by atoms with van der Waals surface area (Å²) in [7, 11) is -4.09. The summed E-state index contributed by atoms with van der Waals surface area (Å²) in [5.41, 5.74) is 6.76. The van der Waals surface area contributed by atoms with Crippen LogP contribution in [0.3, 0.4) is 0 Å². The zero-order chi connectivity index (χ0) is 35.4. The van der Waals surface area contributed by atoms with E-state index in [0.29, 0.717) is 42.0 Å². The van der Waals surface area contributed by atoms with Gasteiger partial charge >= 0.3 is 16.3 Å². The van der Waals surface area contributed by atoms with Gasteiger partial charge in [0.05, 0.1) is 30.7 Å². The molecular formula is C37H38N4O8S. The van der Waals surface area contributed by atoms with Crippen LogP contribution in [0.1, 0.15) is 69.4 Å². The molecule has 0 fully saturated rings. The first kappa shape index (κ1) is 34.6. The second-order valence-electron chi connectivity index (χ2n) is 12.2. The molecule has 1 aliphatic rings. The maximum atomic E-state index is 13.1. The van der Waals surface area contributed by atoms with Gasteiger partial charge in [0.1, 0.15) is 22.8 Å². The van der Waals surface area contributed by atoms with Gasteiger partial charge < -0.3 is 18.8 Å². The predicted molar refractivity (Wildman–Crippen MR) is 185 cm³/mol. The summed E-state index contributed by atoms with van der Waals surface area (Å²) < 4.78 is 45.8. The molecule has 0 spiro atoms. The molecule has 0 saturated heterocycles. The Kier molecular flexibility index (Phi) is 10.2. The number of carbonyl (C=O) groups is 2. The summed E-state index contributed by atoms with van der Waals surface area (Å²) in [5, 5.41) is 18.8. The van der Waals surface area contributed by atoms with Crippen molar-refractivity contribution in [1.29, 1.82) is 0 Å². The lowest BCUT2D eigenvalue weighted by Crippen LogP contribution is -2.37. The fraction of sp³-hybridized carbons (Fsp3) is 0.297. The number of aryl methyl sites for hydroxylation is 3. The number of aromatic nitrogens is 3. The third-order valence-electron chi connectivity index (χ3n) is 8.88. The highest BCUT2D eigenvalue weighted by Gasteiger charge is 2.32. The molecule has 6 rings (SSSR count). The van der Waals surface area contributed by atoms with E-state index in [1.165, 1.54) is 22.5 Å². The largest absolute Gasteiger partial charge is 0.508 e. The molecule has 0 amide bonds. The van der Waals surface area contributed by atoms with Crippen LogP contribution in [0.2, 0.25) is 0 Å². The molecule has 50 heavy (non-hydrogen) atoms. The lowest BCUT2D eigenvalue weighted by atomic mass is 9.84. The van der Waals surface area contributed by atoms with Crippen molar-refractivity contribution in [2.24, 2.45) is 0 Å². The van der Waals surface area contributed by atoms with Crippen LogP contribution >= 0.6 is 0 Å². The highest BCUT2D eigenvalue weighted by Crippen LogP contribution is 2.36. The number of para-hydroxylation sites is 1. The number of benzene rings is 4. The molecule has 12 nitrogen and oxygen atoms in total. The SMILES string of the molecule is CCOC(=O)CC(c1ccc(C)c(CN2Cc3cc(O)ccc3OS2(=O)=O)c1)c1ccc2c(nnn2CCCOc2ccccc2C=O)c1C. The van der Waals surface area contributed by atoms with E-state index in [-0.39, 0.29) is 43.6 Å². The van der Waals surface area contributed by atoms with Crippen molar-refractivity contribution in [1.82, 2.24) is 19.3 Å². The van der Waals surface area contributed by atoms with E-state index < -0.39 is 16.2 Å². The summed E-state index contributed by atoms with van der Waals surface area (Å²) in [6.07, 6.45) is 1.47. The molecule has 1 aliphatic heterocycles. The number of phenols is 1. The Morgan fingerprint density at radius 1 is 1.08 bits per heavy atom. The Labute approximate surface area is 290 Å². The minimum Gasteiger partial charge on any atom is -0.508 e. The third-order valence-corrected chi connectivity index (χ3v) is 10.2. The quantitative estimate of drug-likeness (QED) is 0.0914. The van der Waals surface area contributed by atoms with Crippen molar-refractivity contribution in [2.75, 3.05) is 13.2 Å². The summed E-state index contributed by atoms with van der Waals surface area (Å²) in [4.78, 5) is 24.3. The third kappa shape index (κ3) is 7.33. The second-order valence-corrected chi connectivity index (χ2v) is 13.7. The number of carbonyl (C=O) groups excluding carboxylic acids is 2. The van der Waals surface area contributed by atoms with Gasteiger partial charge in [0.2, 0.25) is 0 Å². The van der Waals surface area contributed by atoms with Gasteiger partial charge in [-0.15, -0.1) is 5.10 Å². The first-order valence-electron chi connectivity index (χ1n) is 16.3. The fourth-order valence-corrected chi connectivity index (χ4v) is 7.32. The average Bonchev–Trinajstić information content (AvgIpc) is 3.51. The minimum atomic E-state index is -4.09. The van der Waals surface area contributed by atoms with Gasteiger partial charge in [0.15, 0.2) is 6.29 Å². The highest BCUT2D eigenvalue weighted by molar-refractivity contribution is 7.84. The van der Waals surface area contributed by atoms with Gasteiger partial charge in [-0.1, -0.05) is 41.6 Å². The van der Waals surface area contributed by atoms with Crippen molar-refractivity contribution in [3.63, 3.8) is 0 Å². The van der Waals surface area contributed by atoms with Crippen LogP contribution in [0.4, 0.5) is 0 Å². The molecule has 2 heterocycles. The number of aldehydes is 1. The summed E-state index contributed by atoms with van der Waals surface area (Å²) in [5.74, 6) is -0.0286. The van der Waals surface area contributed by atoms with E-state index in [1.807, 2.05) is 54.9 Å². The average molecular weight is 699 g/mol. The molecule has 1 unspecified atom stereocenters. The molecule has 260 valence electrons. The van der Waals surface area contributed by atoms with E-state index in [0.717, 1.165) is 39.6 Å². The van der Waals surface area contributed by atoms with Crippen LogP contribution in [0.25, 0.3) is 11.0 Å². The van der Waals surface area contributed by atoms with Crippen LogP contribution in [-0.2, 0) is 39.5 Å². The Bertz CT molecular complexity index is 2160. The number of ether oxygens (including phenoxy) is 2. The van der Waals surface area contributed by atoms with Crippen molar-refractivity contribution >= 4 is 33.6 Å². The summed E-state index contributed by atoms with van der Waals surface area (Å²) in [6.45, 7) is 6.85. The number of aromatic hydroxyl groups is 1. The number of fused-ring (bicyclic) bond motifs is 2. The molecule has 13 heteroatoms. The molecule has 5 aromatic rings. The first-order valence-corrected chi connectivity index (χ1v) is 17.7. The van der Waals surface area contributed by atoms with Crippen molar-refractivity contribution in [2.45, 2.75) is 59.2 Å². The van der Waals surface area contributed by atoms with Gasteiger partial charge in [-0.2, -0.15) is 12.7 Å². The van der Waals surface area contributed by atoms with Crippen molar-refractivity contribution < 1.29 is 36.8 Å². The second kappa shape index (κ2) is 14.7. The van der Waals surface area contributed by atoms with Crippen LogP contribution in [0, 0.1) is 13.8 Å². The molecule has 0 bridgehead atoms. The minimum absolute atomic E-state index is 0.0187. The molecular weight excluding hydrogens is 660 g/mol. The van der Waals surface area contributed by atoms with Gasteiger partial charge in [-0.05, 0) is 85.0 Å². The Hall–Kier alpha value is -5.27. The zero-order valence-corrected chi connectivity index (χ0v) is 28.9. The molecule has 1 N–H and O–H groups in total. The molecule has 1 atom stereocenters. The molecule has 0 saturated carbocycles. The Morgan fingerprint density at radius 3 is 2.70 bits per heavy atom.